The van der Waals surface area contributed by atoms with E-state index in [4.69, 9.17) is 5.73 Å². The molecule has 1 aromatic heterocycles. The molecule has 0 saturated heterocycles. The van der Waals surface area contributed by atoms with Crippen molar-refractivity contribution >= 4 is 5.91 Å². The Morgan fingerprint density at radius 3 is 2.53 bits per heavy atom. The van der Waals surface area contributed by atoms with Crippen LogP contribution in [0.4, 0.5) is 0 Å². The van der Waals surface area contributed by atoms with Gasteiger partial charge in [-0.15, -0.1) is 0 Å². The fourth-order valence-corrected chi connectivity index (χ4v) is 1.93. The molecule has 0 aliphatic heterocycles. The molecule has 1 amide bonds. The van der Waals surface area contributed by atoms with Crippen LogP contribution in [0.3, 0.4) is 0 Å². The number of rotatable bonds is 5. The molecular weight excluding hydrogens is 216 g/mol. The van der Waals surface area contributed by atoms with E-state index in [1.54, 1.807) is 4.68 Å². The van der Waals surface area contributed by atoms with Gasteiger partial charge in [-0.1, -0.05) is 0 Å². The summed E-state index contributed by atoms with van der Waals surface area (Å²) in [5.74, 6) is 0.0593. The van der Waals surface area contributed by atoms with E-state index in [0.29, 0.717) is 19.6 Å². The molecule has 5 nitrogen and oxygen atoms in total. The monoisotopic (exact) mass is 238 g/mol. The van der Waals surface area contributed by atoms with Gasteiger partial charge in [0.25, 0.3) is 5.91 Å². The predicted octanol–water partition coefficient (Wildman–Crippen LogP) is 0.848. The van der Waals surface area contributed by atoms with Crippen molar-refractivity contribution in [1.82, 2.24) is 14.7 Å². The van der Waals surface area contributed by atoms with Crippen LogP contribution in [0.15, 0.2) is 0 Å². The van der Waals surface area contributed by atoms with Crippen LogP contribution in [0, 0.1) is 13.8 Å². The molecule has 2 N–H and O–H groups in total. The van der Waals surface area contributed by atoms with Crippen molar-refractivity contribution in [1.29, 1.82) is 0 Å². The molecule has 0 spiro atoms. The van der Waals surface area contributed by atoms with Crippen LogP contribution >= 0.6 is 0 Å². The third-order valence-electron chi connectivity index (χ3n) is 3.02. The third-order valence-corrected chi connectivity index (χ3v) is 3.02. The van der Waals surface area contributed by atoms with Gasteiger partial charge in [-0.25, -0.2) is 0 Å². The van der Waals surface area contributed by atoms with Gasteiger partial charge in [-0.2, -0.15) is 5.10 Å². The molecule has 0 aliphatic carbocycles. The maximum absolute atomic E-state index is 12.4. The zero-order chi connectivity index (χ0) is 13.0. The zero-order valence-electron chi connectivity index (χ0n) is 11.2. The number of aromatic nitrogens is 2. The number of amides is 1. The topological polar surface area (TPSA) is 64.2 Å². The minimum absolute atomic E-state index is 0.0593. The van der Waals surface area contributed by atoms with Gasteiger partial charge in [-0.3, -0.25) is 9.48 Å². The summed E-state index contributed by atoms with van der Waals surface area (Å²) in [7, 11) is 1.86. The average molecular weight is 238 g/mol. The quantitative estimate of drug-likeness (QED) is 0.827. The van der Waals surface area contributed by atoms with Gasteiger partial charge in [0.2, 0.25) is 0 Å². The van der Waals surface area contributed by atoms with Crippen LogP contribution in [0.2, 0.25) is 0 Å². The largest absolute Gasteiger partial charge is 0.339 e. The lowest BCUT2D eigenvalue weighted by Gasteiger charge is -2.20. The highest BCUT2D eigenvalue weighted by Gasteiger charge is 2.21. The van der Waals surface area contributed by atoms with E-state index in [1.807, 2.05) is 32.7 Å². The lowest BCUT2D eigenvalue weighted by Crippen LogP contribution is -2.33. The molecule has 0 aliphatic rings. The molecule has 0 unspecified atom stereocenters. The molecule has 1 heterocycles. The Bertz CT molecular complexity index is 397. The second-order valence-electron chi connectivity index (χ2n) is 4.20. The van der Waals surface area contributed by atoms with E-state index >= 15 is 0 Å². The summed E-state index contributed by atoms with van der Waals surface area (Å²) in [6, 6.07) is 0. The van der Waals surface area contributed by atoms with Crippen molar-refractivity contribution in [2.45, 2.75) is 27.2 Å². The number of hydrogen-bond acceptors (Lipinski definition) is 3. The van der Waals surface area contributed by atoms with Crippen LogP contribution in [-0.2, 0) is 7.05 Å². The first kappa shape index (κ1) is 13.7. The number of aryl methyl sites for hydroxylation is 2. The molecule has 1 aromatic rings. The van der Waals surface area contributed by atoms with Gasteiger partial charge in [0.15, 0.2) is 0 Å². The fraction of sp³-hybridized carbons (Fsp3) is 0.667. The number of nitrogens with two attached hydrogens (primary N) is 1. The molecule has 0 saturated carbocycles. The van der Waals surface area contributed by atoms with Crippen molar-refractivity contribution in [2.75, 3.05) is 19.6 Å². The molecule has 17 heavy (non-hydrogen) atoms. The summed E-state index contributed by atoms with van der Waals surface area (Å²) >= 11 is 0. The van der Waals surface area contributed by atoms with E-state index in [-0.39, 0.29) is 5.91 Å². The van der Waals surface area contributed by atoms with Crippen LogP contribution in [0.1, 0.15) is 35.1 Å². The van der Waals surface area contributed by atoms with Gasteiger partial charge >= 0.3 is 0 Å². The van der Waals surface area contributed by atoms with Gasteiger partial charge in [-0.05, 0) is 33.7 Å². The maximum atomic E-state index is 12.4. The summed E-state index contributed by atoms with van der Waals surface area (Å²) in [6.07, 6.45) is 0.831. The number of nitrogens with zero attached hydrogens (tertiary/aromatic N) is 3. The Hall–Kier alpha value is -1.36. The minimum atomic E-state index is 0.0593. The normalized spacial score (nSPS) is 10.6. The van der Waals surface area contributed by atoms with E-state index in [0.717, 1.165) is 23.4 Å². The van der Waals surface area contributed by atoms with Gasteiger partial charge in [0.05, 0.1) is 11.3 Å². The predicted molar refractivity (Wildman–Crippen MR) is 67.9 cm³/mol. The van der Waals surface area contributed by atoms with E-state index in [1.165, 1.54) is 0 Å². The summed E-state index contributed by atoms with van der Waals surface area (Å²) in [5.41, 5.74) is 7.92. The number of hydrogen-bond donors (Lipinski definition) is 1. The summed E-state index contributed by atoms with van der Waals surface area (Å²) < 4.78 is 1.75. The second-order valence-corrected chi connectivity index (χ2v) is 4.20. The maximum Gasteiger partial charge on any atom is 0.257 e. The third kappa shape index (κ3) is 2.85. The molecule has 5 heteroatoms. The Labute approximate surface area is 103 Å². The molecule has 0 bridgehead atoms. The molecule has 0 atom stereocenters. The number of carbonyl (C=O) groups is 1. The first-order chi connectivity index (χ1) is 8.02. The molecule has 1 rings (SSSR count). The lowest BCUT2D eigenvalue weighted by molar-refractivity contribution is 0.0762. The van der Waals surface area contributed by atoms with Crippen LogP contribution in [0.5, 0.6) is 0 Å². The molecule has 0 radical (unpaired) electrons. The standard InChI is InChI=1S/C12H22N4O/c1-5-16(8-6-7-13)12(17)11-9(2)14-15(4)10(11)3/h5-8,13H2,1-4H3. The van der Waals surface area contributed by atoms with Crippen molar-refractivity contribution in [2.24, 2.45) is 12.8 Å². The van der Waals surface area contributed by atoms with E-state index in [9.17, 15) is 4.79 Å². The highest BCUT2D eigenvalue weighted by atomic mass is 16.2. The molecule has 0 aromatic carbocycles. The first-order valence-corrected chi connectivity index (χ1v) is 6.02. The highest BCUT2D eigenvalue weighted by Crippen LogP contribution is 2.14. The van der Waals surface area contributed by atoms with Crippen LogP contribution in [0.25, 0.3) is 0 Å². The van der Waals surface area contributed by atoms with Gasteiger partial charge in [0, 0.05) is 25.8 Å². The van der Waals surface area contributed by atoms with Crippen LogP contribution in [-0.4, -0.2) is 40.2 Å². The first-order valence-electron chi connectivity index (χ1n) is 6.02. The summed E-state index contributed by atoms with van der Waals surface area (Å²) in [6.45, 7) is 7.79. The van der Waals surface area contributed by atoms with Crippen molar-refractivity contribution in [3.63, 3.8) is 0 Å². The summed E-state index contributed by atoms with van der Waals surface area (Å²) in [4.78, 5) is 14.2. The molecular formula is C12H22N4O. The van der Waals surface area contributed by atoms with Crippen molar-refractivity contribution in [3.8, 4) is 0 Å². The zero-order valence-corrected chi connectivity index (χ0v) is 11.2. The van der Waals surface area contributed by atoms with E-state index in [2.05, 4.69) is 5.10 Å². The Morgan fingerprint density at radius 2 is 2.12 bits per heavy atom. The minimum Gasteiger partial charge on any atom is -0.339 e. The Morgan fingerprint density at radius 1 is 1.47 bits per heavy atom. The van der Waals surface area contributed by atoms with Crippen molar-refractivity contribution < 1.29 is 4.79 Å². The van der Waals surface area contributed by atoms with E-state index < -0.39 is 0 Å². The lowest BCUT2D eigenvalue weighted by atomic mass is 10.1. The van der Waals surface area contributed by atoms with Crippen molar-refractivity contribution in [3.05, 3.63) is 17.0 Å². The smallest absolute Gasteiger partial charge is 0.257 e. The SMILES string of the molecule is CCN(CCCN)C(=O)c1c(C)nn(C)c1C. The molecule has 0 fully saturated rings. The average Bonchev–Trinajstić information content (AvgIpc) is 2.54. The Balaban J connectivity index is 2.93. The summed E-state index contributed by atoms with van der Waals surface area (Å²) in [5, 5.41) is 4.27. The van der Waals surface area contributed by atoms with Gasteiger partial charge in [0.1, 0.15) is 0 Å². The Kier molecular flexibility index (Phi) is 4.69. The number of carbonyl (C=O) groups excluding carboxylic acids is 1. The fourth-order valence-electron chi connectivity index (χ4n) is 1.93. The molecule has 96 valence electrons. The highest BCUT2D eigenvalue weighted by molar-refractivity contribution is 5.96. The van der Waals surface area contributed by atoms with Crippen LogP contribution < -0.4 is 5.73 Å². The van der Waals surface area contributed by atoms with Gasteiger partial charge < -0.3 is 10.6 Å². The second kappa shape index (κ2) is 5.82.